The van der Waals surface area contributed by atoms with E-state index in [4.69, 9.17) is 11.5 Å². The summed E-state index contributed by atoms with van der Waals surface area (Å²) in [6, 6.07) is 18.0. The van der Waals surface area contributed by atoms with Gasteiger partial charge in [-0.25, -0.2) is 0 Å². The molecule has 118 valence electrons. The molecule has 0 bridgehead atoms. The van der Waals surface area contributed by atoms with Gasteiger partial charge in [-0.15, -0.1) is 0 Å². The second kappa shape index (κ2) is 8.11. The lowest BCUT2D eigenvalue weighted by atomic mass is 9.98. The monoisotopic (exact) mass is 296 g/mol. The van der Waals surface area contributed by atoms with E-state index in [1.165, 1.54) is 22.3 Å². The fraction of sp³-hybridized carbons (Fsp3) is 0.400. The predicted octanol–water partition coefficient (Wildman–Crippen LogP) is 3.91. The van der Waals surface area contributed by atoms with Gasteiger partial charge in [-0.1, -0.05) is 62.4 Å². The highest BCUT2D eigenvalue weighted by Gasteiger charge is 2.04. The van der Waals surface area contributed by atoms with Crippen LogP contribution in [0.4, 0.5) is 0 Å². The van der Waals surface area contributed by atoms with Crippen LogP contribution in [0.3, 0.4) is 0 Å². The van der Waals surface area contributed by atoms with Gasteiger partial charge in [0.15, 0.2) is 0 Å². The van der Waals surface area contributed by atoms with Gasteiger partial charge in [0.1, 0.15) is 0 Å². The normalized spacial score (nSPS) is 13.8. The maximum atomic E-state index is 6.01. The number of rotatable bonds is 7. The van der Waals surface area contributed by atoms with E-state index in [0.29, 0.717) is 0 Å². The first kappa shape index (κ1) is 16.7. The highest BCUT2D eigenvalue weighted by Crippen LogP contribution is 2.21. The first-order valence-electron chi connectivity index (χ1n) is 8.31. The molecule has 0 saturated carbocycles. The molecule has 0 aliphatic rings. The van der Waals surface area contributed by atoms with Crippen LogP contribution in [0.15, 0.2) is 48.5 Å². The molecule has 0 radical (unpaired) electrons. The predicted molar refractivity (Wildman–Crippen MR) is 95.8 cm³/mol. The number of benzene rings is 2. The molecule has 2 atom stereocenters. The van der Waals surface area contributed by atoms with Gasteiger partial charge in [0.25, 0.3) is 0 Å². The lowest BCUT2D eigenvalue weighted by Gasteiger charge is -2.11. The van der Waals surface area contributed by atoms with E-state index in [-0.39, 0.29) is 12.1 Å². The van der Waals surface area contributed by atoms with Crippen molar-refractivity contribution in [1.82, 2.24) is 0 Å². The van der Waals surface area contributed by atoms with Gasteiger partial charge in [0.2, 0.25) is 0 Å². The van der Waals surface area contributed by atoms with Gasteiger partial charge >= 0.3 is 0 Å². The zero-order valence-corrected chi connectivity index (χ0v) is 13.8. The summed E-state index contributed by atoms with van der Waals surface area (Å²) in [7, 11) is 0. The lowest BCUT2D eigenvalue weighted by Crippen LogP contribution is -2.21. The van der Waals surface area contributed by atoms with Crippen molar-refractivity contribution in [2.75, 3.05) is 0 Å². The smallest absolute Gasteiger partial charge is 0.00766 e. The van der Waals surface area contributed by atoms with Crippen LogP contribution in [0.25, 0.3) is 11.1 Å². The third-order valence-electron chi connectivity index (χ3n) is 4.29. The molecule has 0 aliphatic heterocycles. The number of hydrogen-bond acceptors (Lipinski definition) is 2. The molecule has 2 heteroatoms. The van der Waals surface area contributed by atoms with Crippen LogP contribution < -0.4 is 11.5 Å². The molecular weight excluding hydrogens is 268 g/mol. The average molecular weight is 296 g/mol. The summed E-state index contributed by atoms with van der Waals surface area (Å²) in [5, 5.41) is 0. The Morgan fingerprint density at radius 3 is 1.23 bits per heavy atom. The molecule has 22 heavy (non-hydrogen) atoms. The molecule has 4 N–H and O–H groups in total. The molecule has 2 rings (SSSR count). The molecule has 0 aromatic heterocycles. The van der Waals surface area contributed by atoms with E-state index in [1.807, 2.05) is 0 Å². The minimum absolute atomic E-state index is 0.257. The standard InChI is InChI=1S/C20H28N2/c1-3-19(21)13-15-5-9-17(10-6-15)18-11-7-16(8-12-18)14-20(22)4-2/h5-12,19-20H,3-4,13-14,21-22H2,1-2H3. The zero-order chi connectivity index (χ0) is 15.9. The minimum Gasteiger partial charge on any atom is -0.327 e. The second-order valence-corrected chi connectivity index (χ2v) is 6.14. The Balaban J connectivity index is 2.05. The van der Waals surface area contributed by atoms with E-state index in [9.17, 15) is 0 Å². The van der Waals surface area contributed by atoms with E-state index in [1.54, 1.807) is 0 Å². The van der Waals surface area contributed by atoms with E-state index in [2.05, 4.69) is 62.4 Å². The highest BCUT2D eigenvalue weighted by molar-refractivity contribution is 5.64. The maximum absolute atomic E-state index is 6.01. The quantitative estimate of drug-likeness (QED) is 0.814. The van der Waals surface area contributed by atoms with Crippen molar-refractivity contribution in [2.45, 2.75) is 51.6 Å². The molecule has 0 aliphatic carbocycles. The van der Waals surface area contributed by atoms with Gasteiger partial charge in [-0.05, 0) is 47.9 Å². The molecule has 2 nitrogen and oxygen atoms in total. The molecule has 2 unspecified atom stereocenters. The molecule has 0 fully saturated rings. The summed E-state index contributed by atoms with van der Waals surface area (Å²) >= 11 is 0. The summed E-state index contributed by atoms with van der Waals surface area (Å²) in [5.41, 5.74) is 17.1. The summed E-state index contributed by atoms with van der Waals surface area (Å²) in [6.45, 7) is 4.26. The average Bonchev–Trinajstić information content (AvgIpc) is 2.56. The van der Waals surface area contributed by atoms with Crippen LogP contribution in [-0.2, 0) is 12.8 Å². The molecule has 0 saturated heterocycles. The van der Waals surface area contributed by atoms with Gasteiger partial charge in [-0.3, -0.25) is 0 Å². The molecule has 0 amide bonds. The van der Waals surface area contributed by atoms with Crippen LogP contribution in [0.5, 0.6) is 0 Å². The van der Waals surface area contributed by atoms with Crippen molar-refractivity contribution < 1.29 is 0 Å². The van der Waals surface area contributed by atoms with E-state index >= 15 is 0 Å². The van der Waals surface area contributed by atoms with Crippen molar-refractivity contribution in [3.8, 4) is 11.1 Å². The summed E-state index contributed by atoms with van der Waals surface area (Å²) < 4.78 is 0. The fourth-order valence-electron chi connectivity index (χ4n) is 2.56. The molecule has 2 aromatic rings. The molecule has 2 aromatic carbocycles. The zero-order valence-electron chi connectivity index (χ0n) is 13.8. The Hall–Kier alpha value is -1.64. The maximum Gasteiger partial charge on any atom is 0.00766 e. The first-order valence-corrected chi connectivity index (χ1v) is 8.31. The lowest BCUT2D eigenvalue weighted by molar-refractivity contribution is 0.646. The Labute approximate surface area is 134 Å². The van der Waals surface area contributed by atoms with Gasteiger partial charge < -0.3 is 11.5 Å². The summed E-state index contributed by atoms with van der Waals surface area (Å²) in [4.78, 5) is 0. The summed E-state index contributed by atoms with van der Waals surface area (Å²) in [6.07, 6.45) is 3.93. The van der Waals surface area contributed by atoms with Crippen LogP contribution >= 0.6 is 0 Å². The van der Waals surface area contributed by atoms with Crippen LogP contribution in [0, 0.1) is 0 Å². The number of nitrogens with two attached hydrogens (primary N) is 2. The Kier molecular flexibility index (Phi) is 6.17. The van der Waals surface area contributed by atoms with Crippen LogP contribution in [-0.4, -0.2) is 12.1 Å². The third-order valence-corrected chi connectivity index (χ3v) is 4.29. The topological polar surface area (TPSA) is 52.0 Å². The summed E-state index contributed by atoms with van der Waals surface area (Å²) in [5.74, 6) is 0. The van der Waals surface area contributed by atoms with Crippen LogP contribution in [0.1, 0.15) is 37.8 Å². The van der Waals surface area contributed by atoms with Gasteiger partial charge in [-0.2, -0.15) is 0 Å². The van der Waals surface area contributed by atoms with E-state index in [0.717, 1.165) is 25.7 Å². The Morgan fingerprint density at radius 2 is 0.955 bits per heavy atom. The molecule has 0 spiro atoms. The Morgan fingerprint density at radius 1 is 0.636 bits per heavy atom. The van der Waals surface area contributed by atoms with Crippen molar-refractivity contribution in [1.29, 1.82) is 0 Å². The largest absolute Gasteiger partial charge is 0.327 e. The fourth-order valence-corrected chi connectivity index (χ4v) is 2.56. The van der Waals surface area contributed by atoms with Gasteiger partial charge in [0, 0.05) is 12.1 Å². The van der Waals surface area contributed by atoms with Crippen molar-refractivity contribution in [3.63, 3.8) is 0 Å². The van der Waals surface area contributed by atoms with Crippen molar-refractivity contribution in [3.05, 3.63) is 59.7 Å². The minimum atomic E-state index is 0.257. The number of hydrogen-bond donors (Lipinski definition) is 2. The van der Waals surface area contributed by atoms with Crippen molar-refractivity contribution in [2.24, 2.45) is 11.5 Å². The SMILES string of the molecule is CCC(N)Cc1ccc(-c2ccc(CC(N)CC)cc2)cc1. The van der Waals surface area contributed by atoms with Gasteiger partial charge in [0.05, 0.1) is 0 Å². The van der Waals surface area contributed by atoms with Crippen molar-refractivity contribution >= 4 is 0 Å². The molecular formula is C20H28N2. The third kappa shape index (κ3) is 4.69. The molecule has 0 heterocycles. The second-order valence-electron chi connectivity index (χ2n) is 6.14. The van der Waals surface area contributed by atoms with Crippen LogP contribution in [0.2, 0.25) is 0 Å². The first-order chi connectivity index (χ1) is 10.6. The van der Waals surface area contributed by atoms with E-state index < -0.39 is 0 Å². The highest BCUT2D eigenvalue weighted by atomic mass is 14.6. The Bertz CT molecular complexity index is 504.